The summed E-state index contributed by atoms with van der Waals surface area (Å²) in [4.78, 5) is 24.2. The van der Waals surface area contributed by atoms with Crippen LogP contribution in [0, 0.1) is 6.92 Å². The topological polar surface area (TPSA) is 73.9 Å². The van der Waals surface area contributed by atoms with E-state index in [0.29, 0.717) is 17.2 Å². The second kappa shape index (κ2) is 10.1. The molecular formula is C24H23NO5. The van der Waals surface area contributed by atoms with Crippen LogP contribution in [-0.2, 0) is 14.3 Å². The summed E-state index contributed by atoms with van der Waals surface area (Å²) in [6.07, 6.45) is 0. The minimum absolute atomic E-state index is 0.301. The first-order valence-corrected chi connectivity index (χ1v) is 9.44. The highest BCUT2D eigenvalue weighted by atomic mass is 16.6. The first kappa shape index (κ1) is 20.9. The van der Waals surface area contributed by atoms with Gasteiger partial charge < -0.3 is 19.5 Å². The van der Waals surface area contributed by atoms with Gasteiger partial charge in [0.15, 0.2) is 13.2 Å². The molecule has 0 aliphatic rings. The Hall–Kier alpha value is -3.80. The van der Waals surface area contributed by atoms with Gasteiger partial charge in [-0.15, -0.1) is 0 Å². The number of aryl methyl sites for hydroxylation is 1. The normalized spacial score (nSPS) is 10.2. The van der Waals surface area contributed by atoms with Crippen LogP contribution in [0.2, 0.25) is 0 Å². The van der Waals surface area contributed by atoms with Crippen LogP contribution in [0.5, 0.6) is 11.5 Å². The van der Waals surface area contributed by atoms with Crippen molar-refractivity contribution in [1.29, 1.82) is 0 Å². The van der Waals surface area contributed by atoms with Crippen LogP contribution in [0.25, 0.3) is 11.1 Å². The van der Waals surface area contributed by atoms with Crippen molar-refractivity contribution in [1.82, 2.24) is 0 Å². The molecule has 6 heteroatoms. The Morgan fingerprint density at radius 2 is 1.60 bits per heavy atom. The largest absolute Gasteiger partial charge is 0.495 e. The van der Waals surface area contributed by atoms with Crippen molar-refractivity contribution >= 4 is 17.6 Å². The van der Waals surface area contributed by atoms with Gasteiger partial charge in [-0.3, -0.25) is 4.79 Å². The van der Waals surface area contributed by atoms with Gasteiger partial charge >= 0.3 is 5.97 Å². The van der Waals surface area contributed by atoms with Crippen molar-refractivity contribution in [3.05, 3.63) is 78.4 Å². The van der Waals surface area contributed by atoms with Crippen molar-refractivity contribution in [3.8, 4) is 22.6 Å². The van der Waals surface area contributed by atoms with Crippen LogP contribution in [-0.4, -0.2) is 32.2 Å². The smallest absolute Gasteiger partial charge is 0.344 e. The van der Waals surface area contributed by atoms with Crippen LogP contribution < -0.4 is 14.8 Å². The van der Waals surface area contributed by atoms with Gasteiger partial charge in [0.2, 0.25) is 0 Å². The maximum absolute atomic E-state index is 12.1. The molecule has 1 N–H and O–H groups in total. The predicted molar refractivity (Wildman–Crippen MR) is 115 cm³/mol. The number of ether oxygens (including phenoxy) is 3. The van der Waals surface area contributed by atoms with Gasteiger partial charge in [0.1, 0.15) is 11.5 Å². The molecular weight excluding hydrogens is 382 g/mol. The fraction of sp³-hybridized carbons (Fsp3) is 0.167. The molecule has 0 saturated heterocycles. The number of para-hydroxylation sites is 1. The van der Waals surface area contributed by atoms with Crippen LogP contribution in [0.15, 0.2) is 72.8 Å². The summed E-state index contributed by atoms with van der Waals surface area (Å²) in [5.41, 5.74) is 3.34. The molecule has 0 aliphatic carbocycles. The molecule has 0 unspecified atom stereocenters. The Morgan fingerprint density at radius 3 is 2.37 bits per heavy atom. The molecule has 30 heavy (non-hydrogen) atoms. The van der Waals surface area contributed by atoms with E-state index < -0.39 is 18.5 Å². The Balaban J connectivity index is 1.53. The van der Waals surface area contributed by atoms with Crippen LogP contribution in [0.4, 0.5) is 5.69 Å². The quantitative estimate of drug-likeness (QED) is 0.568. The lowest BCUT2D eigenvalue weighted by Crippen LogP contribution is -2.24. The van der Waals surface area contributed by atoms with Crippen molar-refractivity contribution in [3.63, 3.8) is 0 Å². The molecule has 0 spiro atoms. The number of carbonyl (C=O) groups excluding carboxylic acids is 2. The second-order valence-corrected chi connectivity index (χ2v) is 6.56. The number of hydrogen-bond donors (Lipinski definition) is 1. The number of rotatable bonds is 8. The van der Waals surface area contributed by atoms with E-state index in [9.17, 15) is 9.59 Å². The Labute approximate surface area is 175 Å². The fourth-order valence-electron chi connectivity index (χ4n) is 2.88. The number of methoxy groups -OCH3 is 1. The molecule has 0 fully saturated rings. The van der Waals surface area contributed by atoms with Crippen LogP contribution >= 0.6 is 0 Å². The first-order chi connectivity index (χ1) is 14.6. The van der Waals surface area contributed by atoms with Gasteiger partial charge in [-0.2, -0.15) is 0 Å². The Morgan fingerprint density at radius 1 is 0.867 bits per heavy atom. The van der Waals surface area contributed by atoms with Gasteiger partial charge in [-0.1, -0.05) is 54.6 Å². The molecule has 3 rings (SSSR count). The van der Waals surface area contributed by atoms with Crippen molar-refractivity contribution < 1.29 is 23.8 Å². The second-order valence-electron chi connectivity index (χ2n) is 6.56. The number of hydrogen-bond acceptors (Lipinski definition) is 5. The van der Waals surface area contributed by atoms with E-state index in [-0.39, 0.29) is 6.61 Å². The first-order valence-electron chi connectivity index (χ1n) is 9.44. The summed E-state index contributed by atoms with van der Waals surface area (Å²) in [7, 11) is 1.52. The SMILES string of the molecule is COc1ccc(C)cc1NC(=O)COC(=O)COc1ccccc1-c1ccccc1. The molecule has 0 radical (unpaired) electrons. The van der Waals surface area contributed by atoms with Gasteiger partial charge in [-0.25, -0.2) is 4.79 Å². The van der Waals surface area contributed by atoms with Gasteiger partial charge in [0.25, 0.3) is 5.91 Å². The number of nitrogens with one attached hydrogen (secondary N) is 1. The van der Waals surface area contributed by atoms with Crippen molar-refractivity contribution in [2.75, 3.05) is 25.6 Å². The van der Waals surface area contributed by atoms with E-state index in [2.05, 4.69) is 5.32 Å². The van der Waals surface area contributed by atoms with Gasteiger partial charge in [0.05, 0.1) is 12.8 Å². The minimum atomic E-state index is -0.635. The average Bonchev–Trinajstić information content (AvgIpc) is 2.77. The summed E-state index contributed by atoms with van der Waals surface area (Å²) >= 11 is 0. The molecule has 0 bridgehead atoms. The highest BCUT2D eigenvalue weighted by Gasteiger charge is 2.13. The lowest BCUT2D eigenvalue weighted by atomic mass is 10.1. The molecule has 154 valence electrons. The highest BCUT2D eigenvalue weighted by Crippen LogP contribution is 2.29. The standard InChI is InChI=1S/C24H23NO5/c1-17-12-13-22(28-2)20(14-17)25-23(26)15-30-24(27)16-29-21-11-7-6-10-19(21)18-8-4-3-5-9-18/h3-14H,15-16H2,1-2H3,(H,25,26). The summed E-state index contributed by atoms with van der Waals surface area (Å²) in [6.45, 7) is 1.18. The van der Waals surface area contributed by atoms with E-state index in [0.717, 1.165) is 16.7 Å². The van der Waals surface area contributed by atoms with Crippen molar-refractivity contribution in [2.24, 2.45) is 0 Å². The zero-order valence-electron chi connectivity index (χ0n) is 16.9. The number of anilines is 1. The number of esters is 1. The summed E-state index contributed by atoms with van der Waals surface area (Å²) in [5, 5.41) is 2.68. The van der Waals surface area contributed by atoms with Crippen molar-refractivity contribution in [2.45, 2.75) is 6.92 Å². The molecule has 1 amide bonds. The third-order valence-corrected chi connectivity index (χ3v) is 4.31. The van der Waals surface area contributed by atoms with Crippen LogP contribution in [0.3, 0.4) is 0 Å². The fourth-order valence-corrected chi connectivity index (χ4v) is 2.88. The monoisotopic (exact) mass is 405 g/mol. The average molecular weight is 405 g/mol. The van der Waals surface area contributed by atoms with E-state index in [1.54, 1.807) is 18.2 Å². The lowest BCUT2D eigenvalue weighted by molar-refractivity contribution is -0.149. The summed E-state index contributed by atoms with van der Waals surface area (Å²) < 4.78 is 15.9. The van der Waals surface area contributed by atoms with E-state index in [1.807, 2.05) is 61.5 Å². The van der Waals surface area contributed by atoms with Gasteiger partial charge in [0, 0.05) is 5.56 Å². The van der Waals surface area contributed by atoms with E-state index >= 15 is 0 Å². The number of amides is 1. The number of benzene rings is 3. The third kappa shape index (κ3) is 5.61. The third-order valence-electron chi connectivity index (χ3n) is 4.31. The highest BCUT2D eigenvalue weighted by molar-refractivity contribution is 5.94. The Bertz CT molecular complexity index is 1020. The zero-order chi connectivity index (χ0) is 21.3. The van der Waals surface area contributed by atoms with E-state index in [1.165, 1.54) is 7.11 Å². The maximum Gasteiger partial charge on any atom is 0.344 e. The molecule has 3 aromatic rings. The summed E-state index contributed by atoms with van der Waals surface area (Å²) in [5.74, 6) is -0.00288. The minimum Gasteiger partial charge on any atom is -0.495 e. The Kier molecular flexibility index (Phi) is 7.05. The number of carbonyl (C=O) groups is 2. The molecule has 0 aromatic heterocycles. The summed E-state index contributed by atoms with van der Waals surface area (Å²) in [6, 6.07) is 22.6. The maximum atomic E-state index is 12.1. The van der Waals surface area contributed by atoms with Gasteiger partial charge in [-0.05, 0) is 36.2 Å². The zero-order valence-corrected chi connectivity index (χ0v) is 16.9. The van der Waals surface area contributed by atoms with E-state index in [4.69, 9.17) is 14.2 Å². The molecule has 0 aliphatic heterocycles. The predicted octanol–water partition coefficient (Wildman–Crippen LogP) is 4.23. The molecule has 3 aromatic carbocycles. The molecule has 0 atom stereocenters. The molecule has 0 saturated carbocycles. The lowest BCUT2D eigenvalue weighted by Gasteiger charge is -2.12. The molecule has 6 nitrogen and oxygen atoms in total. The van der Waals surface area contributed by atoms with Crippen LogP contribution in [0.1, 0.15) is 5.56 Å². The molecule has 0 heterocycles.